The molecule has 32 heavy (non-hydrogen) atoms. The number of ketones is 1. The van der Waals surface area contributed by atoms with Gasteiger partial charge in [0.25, 0.3) is 0 Å². The molecule has 3 nitrogen and oxygen atoms in total. The molecule has 8 atom stereocenters. The van der Waals surface area contributed by atoms with Crippen molar-refractivity contribution in [2.45, 2.75) is 97.0 Å². The van der Waals surface area contributed by atoms with Gasteiger partial charge in [0.15, 0.2) is 0 Å². The highest BCUT2D eigenvalue weighted by Crippen LogP contribution is 2.68. The lowest BCUT2D eigenvalue weighted by Crippen LogP contribution is -2.56. The number of Topliss-reactive ketones (excluding diaryl/α,β-unsaturated/α-hetero) is 1. The van der Waals surface area contributed by atoms with E-state index in [4.69, 9.17) is 0 Å². The first-order valence-corrected chi connectivity index (χ1v) is 13.2. The highest BCUT2D eigenvalue weighted by atomic mass is 16.3. The van der Waals surface area contributed by atoms with Crippen molar-refractivity contribution < 1.29 is 15.0 Å². The molecule has 3 heteroatoms. The minimum atomic E-state index is -0.602. The Morgan fingerprint density at radius 1 is 0.969 bits per heavy atom. The third-order valence-electron chi connectivity index (χ3n) is 11.2. The van der Waals surface area contributed by atoms with Crippen molar-refractivity contribution >= 4 is 5.78 Å². The highest BCUT2D eigenvalue weighted by Gasteiger charge is 2.61. The lowest BCUT2D eigenvalue weighted by atomic mass is 9.43. The van der Waals surface area contributed by atoms with E-state index >= 15 is 0 Å². The number of hydrogen-bond acceptors (Lipinski definition) is 3. The Morgan fingerprint density at radius 2 is 1.72 bits per heavy atom. The molecule has 0 aromatic heterocycles. The van der Waals surface area contributed by atoms with Crippen LogP contribution in [0.25, 0.3) is 0 Å². The van der Waals surface area contributed by atoms with Crippen molar-refractivity contribution in [3.05, 3.63) is 29.8 Å². The number of rotatable bonds is 4. The molecule has 176 valence electrons. The van der Waals surface area contributed by atoms with Gasteiger partial charge in [0.1, 0.15) is 11.5 Å². The maximum absolute atomic E-state index is 12.4. The van der Waals surface area contributed by atoms with Gasteiger partial charge in [-0.15, -0.1) is 0 Å². The molecule has 0 saturated heterocycles. The maximum atomic E-state index is 12.4. The first-order valence-electron chi connectivity index (χ1n) is 13.2. The fourth-order valence-corrected chi connectivity index (χ4v) is 9.31. The third kappa shape index (κ3) is 3.45. The molecule has 2 N–H and O–H groups in total. The van der Waals surface area contributed by atoms with Crippen molar-refractivity contribution in [1.82, 2.24) is 0 Å². The number of para-hydroxylation sites is 1. The molecule has 1 aromatic rings. The van der Waals surface area contributed by atoms with E-state index in [0.29, 0.717) is 22.9 Å². The number of fused-ring (bicyclic) bond motifs is 5. The zero-order valence-electron chi connectivity index (χ0n) is 20.3. The molecule has 1 aromatic carbocycles. The minimum absolute atomic E-state index is 0.225. The second kappa shape index (κ2) is 7.86. The van der Waals surface area contributed by atoms with Gasteiger partial charge in [0.2, 0.25) is 0 Å². The lowest BCUT2D eigenvalue weighted by molar-refractivity contribution is -0.154. The topological polar surface area (TPSA) is 57.5 Å². The number of benzene rings is 1. The van der Waals surface area contributed by atoms with E-state index in [9.17, 15) is 15.0 Å². The van der Waals surface area contributed by atoms with Crippen LogP contribution >= 0.6 is 0 Å². The van der Waals surface area contributed by atoms with Crippen LogP contribution in [0.3, 0.4) is 0 Å². The first kappa shape index (κ1) is 22.4. The Hall–Kier alpha value is -1.35. The smallest absolute Gasteiger partial charge is 0.133 e. The summed E-state index contributed by atoms with van der Waals surface area (Å²) in [6.45, 7) is 6.79. The number of hydrogen-bond donors (Lipinski definition) is 2. The highest BCUT2D eigenvalue weighted by molar-refractivity contribution is 5.79. The number of aliphatic hydroxyl groups is 1. The quantitative estimate of drug-likeness (QED) is 0.580. The lowest BCUT2D eigenvalue weighted by Gasteiger charge is -2.62. The van der Waals surface area contributed by atoms with Crippen molar-refractivity contribution in [1.29, 1.82) is 0 Å². The molecule has 5 rings (SSSR count). The Balaban J connectivity index is 1.30. The molecule has 0 bridgehead atoms. The summed E-state index contributed by atoms with van der Waals surface area (Å²) in [5.74, 6) is 3.89. The summed E-state index contributed by atoms with van der Waals surface area (Å²) >= 11 is 0. The van der Waals surface area contributed by atoms with Gasteiger partial charge in [-0.2, -0.15) is 0 Å². The molecular formula is C29H42O3. The van der Waals surface area contributed by atoms with E-state index in [0.717, 1.165) is 61.8 Å². The van der Waals surface area contributed by atoms with Crippen LogP contribution < -0.4 is 0 Å². The second-order valence-electron chi connectivity index (χ2n) is 12.5. The Morgan fingerprint density at radius 3 is 2.47 bits per heavy atom. The number of aromatic hydroxyl groups is 1. The number of carbonyl (C=O) groups excluding carboxylic acids is 1. The van der Waals surface area contributed by atoms with E-state index in [1.807, 2.05) is 25.1 Å². The largest absolute Gasteiger partial charge is 0.508 e. The Kier molecular flexibility index (Phi) is 5.51. The monoisotopic (exact) mass is 438 g/mol. The van der Waals surface area contributed by atoms with Crippen molar-refractivity contribution in [2.75, 3.05) is 0 Å². The summed E-state index contributed by atoms with van der Waals surface area (Å²) in [6.07, 6.45) is 11.7. The molecule has 0 amide bonds. The van der Waals surface area contributed by atoms with Gasteiger partial charge in [0, 0.05) is 5.92 Å². The summed E-state index contributed by atoms with van der Waals surface area (Å²) in [5.41, 5.74) is 0.907. The number of carbonyl (C=O) groups is 1. The molecule has 4 aliphatic carbocycles. The summed E-state index contributed by atoms with van der Waals surface area (Å²) in [4.78, 5) is 12.4. The number of aryl methyl sites for hydroxylation is 1. The average Bonchev–Trinajstić information content (AvgIpc) is 3.11. The zero-order valence-corrected chi connectivity index (χ0v) is 20.3. The van der Waals surface area contributed by atoms with Crippen molar-refractivity contribution in [3.63, 3.8) is 0 Å². The average molecular weight is 439 g/mol. The fraction of sp³-hybridized carbons (Fsp3) is 0.759. The van der Waals surface area contributed by atoms with Crippen LogP contribution in [-0.4, -0.2) is 21.6 Å². The molecule has 4 saturated carbocycles. The molecule has 2 unspecified atom stereocenters. The predicted molar refractivity (Wildman–Crippen MR) is 127 cm³/mol. The minimum Gasteiger partial charge on any atom is -0.508 e. The van der Waals surface area contributed by atoms with E-state index in [-0.39, 0.29) is 11.3 Å². The van der Waals surface area contributed by atoms with Gasteiger partial charge < -0.3 is 10.2 Å². The van der Waals surface area contributed by atoms with Crippen LogP contribution in [0.5, 0.6) is 5.75 Å². The first-order chi connectivity index (χ1) is 15.2. The van der Waals surface area contributed by atoms with E-state index < -0.39 is 5.60 Å². The zero-order chi connectivity index (χ0) is 22.7. The predicted octanol–water partition coefficient (Wildman–Crippen LogP) is 6.30. The van der Waals surface area contributed by atoms with Crippen molar-refractivity contribution in [2.24, 2.45) is 40.4 Å². The number of phenolic OH excluding ortho intramolecular Hbond substituents is 1. The standard InChI is InChI=1S/C29H42O3/c1-19(30)23-10-11-24-22-9-8-21-18-29(32,15-12-20-6-4-5-7-26(20)31)17-16-27(21,2)25(22)13-14-28(23,24)3/h4-7,21-25,31-32H,8-18H2,1-3H3/t21?,22-,23+,24-,25-,27-,28+,29?/m0/s1. The Bertz CT molecular complexity index is 879. The van der Waals surface area contributed by atoms with Gasteiger partial charge in [-0.3, -0.25) is 4.79 Å². The van der Waals surface area contributed by atoms with Crippen LogP contribution in [0.4, 0.5) is 0 Å². The third-order valence-corrected chi connectivity index (χ3v) is 11.2. The van der Waals surface area contributed by atoms with E-state index in [2.05, 4.69) is 13.8 Å². The van der Waals surface area contributed by atoms with Gasteiger partial charge in [-0.05, 0) is 124 Å². The van der Waals surface area contributed by atoms with Gasteiger partial charge in [-0.1, -0.05) is 32.0 Å². The Labute approximate surface area is 194 Å². The van der Waals surface area contributed by atoms with Crippen LogP contribution in [0.1, 0.15) is 90.5 Å². The second-order valence-corrected chi connectivity index (χ2v) is 12.5. The molecule has 0 spiro atoms. The SMILES string of the molecule is CC(=O)[C@H]1CC[C@H]2[C@@H]3CCC4CC(O)(CCc5ccccc5O)CC[C@]4(C)[C@H]3CC[C@]12C. The maximum Gasteiger partial charge on any atom is 0.133 e. The van der Waals surface area contributed by atoms with Gasteiger partial charge in [0.05, 0.1) is 5.60 Å². The summed E-state index contributed by atoms with van der Waals surface area (Å²) < 4.78 is 0. The summed E-state index contributed by atoms with van der Waals surface area (Å²) in [7, 11) is 0. The van der Waals surface area contributed by atoms with Crippen LogP contribution in [0.15, 0.2) is 24.3 Å². The van der Waals surface area contributed by atoms with Crippen LogP contribution in [-0.2, 0) is 11.2 Å². The molecule has 0 radical (unpaired) electrons. The van der Waals surface area contributed by atoms with Crippen LogP contribution in [0.2, 0.25) is 0 Å². The van der Waals surface area contributed by atoms with Gasteiger partial charge >= 0.3 is 0 Å². The van der Waals surface area contributed by atoms with Crippen LogP contribution in [0, 0.1) is 40.4 Å². The molecule has 4 aliphatic rings. The summed E-state index contributed by atoms with van der Waals surface area (Å²) in [5, 5.41) is 21.7. The van der Waals surface area contributed by atoms with Crippen molar-refractivity contribution in [3.8, 4) is 5.75 Å². The normalized spacial score (nSPS) is 45.6. The molecule has 0 heterocycles. The van der Waals surface area contributed by atoms with E-state index in [1.165, 1.54) is 32.1 Å². The molecule has 4 fully saturated rings. The molecule has 0 aliphatic heterocycles. The summed E-state index contributed by atoms with van der Waals surface area (Å²) in [6, 6.07) is 7.55. The van der Waals surface area contributed by atoms with E-state index in [1.54, 1.807) is 6.07 Å². The van der Waals surface area contributed by atoms with Gasteiger partial charge in [-0.25, -0.2) is 0 Å². The number of phenols is 1. The molecular weight excluding hydrogens is 396 g/mol. The fourth-order valence-electron chi connectivity index (χ4n) is 9.31.